The molecule has 2 N–H and O–H groups in total. The summed E-state index contributed by atoms with van der Waals surface area (Å²) < 4.78 is 5.69. The molecule has 0 bridgehead atoms. The van der Waals surface area contributed by atoms with Crippen LogP contribution in [0.4, 0.5) is 5.82 Å². The number of benzene rings is 1. The van der Waals surface area contributed by atoms with Crippen LogP contribution in [0.5, 0.6) is 5.75 Å². The second-order valence-electron chi connectivity index (χ2n) is 6.46. The number of hydrogen-bond acceptors (Lipinski definition) is 6. The summed E-state index contributed by atoms with van der Waals surface area (Å²) in [5.74, 6) is 1.75. The van der Waals surface area contributed by atoms with E-state index in [4.69, 9.17) is 4.74 Å². The third kappa shape index (κ3) is 4.90. The minimum Gasteiger partial charge on any atom is -0.491 e. The fraction of sp³-hybridized carbons (Fsp3) is 0.474. The van der Waals surface area contributed by atoms with Crippen molar-refractivity contribution in [1.82, 2.24) is 15.5 Å². The Kier molecular flexibility index (Phi) is 6.19. The minimum absolute atomic E-state index is 0.288. The zero-order chi connectivity index (χ0) is 17.5. The molecule has 0 aliphatic carbocycles. The molecule has 2 atom stereocenters. The molecule has 1 aliphatic rings. The number of rotatable bonds is 8. The molecule has 1 saturated heterocycles. The van der Waals surface area contributed by atoms with Crippen molar-refractivity contribution in [2.75, 3.05) is 31.1 Å². The molecule has 0 radical (unpaired) electrons. The van der Waals surface area contributed by atoms with E-state index < -0.39 is 6.10 Å². The maximum absolute atomic E-state index is 10.1. The summed E-state index contributed by atoms with van der Waals surface area (Å²) in [5, 5.41) is 21.7. The van der Waals surface area contributed by atoms with Crippen LogP contribution in [0, 0.1) is 6.92 Å². The van der Waals surface area contributed by atoms with E-state index in [1.165, 1.54) is 0 Å². The van der Waals surface area contributed by atoms with Gasteiger partial charge in [0.15, 0.2) is 5.82 Å². The van der Waals surface area contributed by atoms with Crippen molar-refractivity contribution in [1.29, 1.82) is 0 Å². The van der Waals surface area contributed by atoms with Crippen molar-refractivity contribution in [3.63, 3.8) is 0 Å². The average molecular weight is 342 g/mol. The predicted octanol–water partition coefficient (Wildman–Crippen LogP) is 1.78. The van der Waals surface area contributed by atoms with Gasteiger partial charge in [0.1, 0.15) is 18.5 Å². The van der Waals surface area contributed by atoms with Crippen molar-refractivity contribution in [2.24, 2.45) is 0 Å². The number of hydrogen-bond donors (Lipinski definition) is 2. The van der Waals surface area contributed by atoms with E-state index in [0.717, 1.165) is 43.1 Å². The van der Waals surface area contributed by atoms with Crippen molar-refractivity contribution in [2.45, 2.75) is 31.9 Å². The monoisotopic (exact) mass is 342 g/mol. The first kappa shape index (κ1) is 17.6. The maximum Gasteiger partial charge on any atom is 0.151 e. The lowest BCUT2D eigenvalue weighted by Gasteiger charge is -2.26. The molecular weight excluding hydrogens is 316 g/mol. The Morgan fingerprint density at radius 3 is 3.00 bits per heavy atom. The lowest BCUT2D eigenvalue weighted by molar-refractivity contribution is 0.106. The molecule has 134 valence electrons. The number of nitrogens with one attached hydrogen (secondary N) is 1. The van der Waals surface area contributed by atoms with Crippen molar-refractivity contribution in [3.8, 4) is 5.75 Å². The van der Waals surface area contributed by atoms with Gasteiger partial charge in [0.2, 0.25) is 0 Å². The smallest absolute Gasteiger partial charge is 0.151 e. The zero-order valence-electron chi connectivity index (χ0n) is 14.6. The van der Waals surface area contributed by atoms with Crippen LogP contribution in [0.15, 0.2) is 42.6 Å². The number of aliphatic hydroxyl groups is 1. The Bertz CT molecular complexity index is 653. The molecule has 25 heavy (non-hydrogen) atoms. The first-order chi connectivity index (χ1) is 12.2. The van der Waals surface area contributed by atoms with Crippen LogP contribution >= 0.6 is 0 Å². The second-order valence-corrected chi connectivity index (χ2v) is 6.46. The lowest BCUT2D eigenvalue weighted by Crippen LogP contribution is -2.41. The maximum atomic E-state index is 10.1. The van der Waals surface area contributed by atoms with Crippen molar-refractivity contribution < 1.29 is 9.84 Å². The fourth-order valence-corrected chi connectivity index (χ4v) is 3.18. The molecule has 1 aliphatic heterocycles. The van der Waals surface area contributed by atoms with Crippen molar-refractivity contribution >= 4 is 5.82 Å². The highest BCUT2D eigenvalue weighted by Crippen LogP contribution is 2.22. The van der Waals surface area contributed by atoms with Crippen LogP contribution in [-0.4, -0.2) is 53.7 Å². The van der Waals surface area contributed by atoms with Gasteiger partial charge >= 0.3 is 0 Å². The normalized spacial score (nSPS) is 18.3. The minimum atomic E-state index is -0.536. The Labute approximate surface area is 148 Å². The Morgan fingerprint density at radius 2 is 2.20 bits per heavy atom. The van der Waals surface area contributed by atoms with E-state index in [9.17, 15) is 5.11 Å². The molecule has 1 fully saturated rings. The van der Waals surface area contributed by atoms with Crippen LogP contribution in [0.1, 0.15) is 18.4 Å². The summed E-state index contributed by atoms with van der Waals surface area (Å²) in [6.45, 7) is 4.62. The molecule has 3 rings (SSSR count). The van der Waals surface area contributed by atoms with Gasteiger partial charge in [-0.3, -0.25) is 0 Å². The second kappa shape index (κ2) is 8.78. The van der Waals surface area contributed by atoms with Crippen LogP contribution < -0.4 is 15.0 Å². The first-order valence-electron chi connectivity index (χ1n) is 8.85. The average Bonchev–Trinajstić information content (AvgIpc) is 3.10. The van der Waals surface area contributed by atoms with Crippen molar-refractivity contribution in [3.05, 3.63) is 48.2 Å². The summed E-state index contributed by atoms with van der Waals surface area (Å²) in [5.41, 5.74) is 1.08. The summed E-state index contributed by atoms with van der Waals surface area (Å²) in [6.07, 6.45) is 3.43. The van der Waals surface area contributed by atoms with Crippen LogP contribution in [-0.2, 0) is 0 Å². The lowest BCUT2D eigenvalue weighted by atomic mass is 10.2. The topological polar surface area (TPSA) is 70.5 Å². The van der Waals surface area contributed by atoms with Gasteiger partial charge in [-0.05, 0) is 43.5 Å². The number of anilines is 1. The van der Waals surface area contributed by atoms with Crippen LogP contribution in [0.25, 0.3) is 0 Å². The highest BCUT2D eigenvalue weighted by atomic mass is 16.5. The third-order valence-electron chi connectivity index (χ3n) is 4.51. The molecule has 2 aromatic rings. The summed E-state index contributed by atoms with van der Waals surface area (Å²) >= 11 is 0. The standard InChI is InChI=1S/C19H26N4O2/c1-15-6-2-3-8-18(15)25-14-17(24)13-20-12-16-7-5-11-23(16)19-9-4-10-21-22-19/h2-4,6,8-10,16-17,20,24H,5,7,11-14H2,1H3. The van der Waals surface area contributed by atoms with Gasteiger partial charge in [0.05, 0.1) is 0 Å². The van der Waals surface area contributed by atoms with E-state index in [1.807, 2.05) is 43.3 Å². The number of ether oxygens (including phenoxy) is 1. The summed E-state index contributed by atoms with van der Waals surface area (Å²) in [7, 11) is 0. The molecule has 2 unspecified atom stereocenters. The molecule has 0 amide bonds. The van der Waals surface area contributed by atoms with Gasteiger partial charge in [0.25, 0.3) is 0 Å². The van der Waals surface area contributed by atoms with E-state index in [0.29, 0.717) is 12.6 Å². The zero-order valence-corrected chi connectivity index (χ0v) is 14.6. The number of aromatic nitrogens is 2. The highest BCUT2D eigenvalue weighted by molar-refractivity contribution is 5.39. The molecule has 6 heteroatoms. The molecular formula is C19H26N4O2. The van der Waals surface area contributed by atoms with E-state index >= 15 is 0 Å². The summed E-state index contributed by atoms with van der Waals surface area (Å²) in [4.78, 5) is 2.29. The highest BCUT2D eigenvalue weighted by Gasteiger charge is 2.25. The number of para-hydroxylation sites is 1. The number of aliphatic hydroxyl groups excluding tert-OH is 1. The van der Waals surface area contributed by atoms with Crippen LogP contribution in [0.2, 0.25) is 0 Å². The molecule has 0 spiro atoms. The van der Waals surface area contributed by atoms with Gasteiger partial charge in [-0.1, -0.05) is 18.2 Å². The Hall–Kier alpha value is -2.18. The van der Waals surface area contributed by atoms with Gasteiger partial charge < -0.3 is 20.1 Å². The largest absolute Gasteiger partial charge is 0.491 e. The number of nitrogens with zero attached hydrogens (tertiary/aromatic N) is 3. The van der Waals surface area contributed by atoms with Gasteiger partial charge in [0, 0.05) is 31.9 Å². The Balaban J connectivity index is 1.41. The first-order valence-corrected chi connectivity index (χ1v) is 8.85. The van der Waals surface area contributed by atoms with E-state index in [2.05, 4.69) is 20.4 Å². The molecule has 0 saturated carbocycles. The Morgan fingerprint density at radius 1 is 1.32 bits per heavy atom. The molecule has 1 aromatic carbocycles. The number of aryl methyl sites for hydroxylation is 1. The quantitative estimate of drug-likeness (QED) is 0.762. The third-order valence-corrected chi connectivity index (χ3v) is 4.51. The van der Waals surface area contributed by atoms with Gasteiger partial charge in [-0.25, -0.2) is 0 Å². The molecule has 2 heterocycles. The van der Waals surface area contributed by atoms with Gasteiger partial charge in [-0.15, -0.1) is 5.10 Å². The molecule has 6 nitrogen and oxygen atoms in total. The van der Waals surface area contributed by atoms with E-state index in [1.54, 1.807) is 6.20 Å². The van der Waals surface area contributed by atoms with E-state index in [-0.39, 0.29) is 6.61 Å². The summed E-state index contributed by atoms with van der Waals surface area (Å²) in [6, 6.07) is 12.1. The fourth-order valence-electron chi connectivity index (χ4n) is 3.18. The van der Waals surface area contributed by atoms with Gasteiger partial charge in [-0.2, -0.15) is 5.10 Å². The van der Waals surface area contributed by atoms with Crippen LogP contribution in [0.3, 0.4) is 0 Å². The molecule has 1 aromatic heterocycles. The predicted molar refractivity (Wildman–Crippen MR) is 98.0 cm³/mol. The SMILES string of the molecule is Cc1ccccc1OCC(O)CNCC1CCCN1c1cccnn1.